The molecule has 1 aromatic rings. The van der Waals surface area contributed by atoms with Gasteiger partial charge in [-0.3, -0.25) is 10.1 Å². The molecule has 0 bridgehead atoms. The summed E-state index contributed by atoms with van der Waals surface area (Å²) in [5.74, 6) is 0.0549. The van der Waals surface area contributed by atoms with Crippen LogP contribution in [0.4, 0.5) is 5.69 Å². The van der Waals surface area contributed by atoms with E-state index in [0.29, 0.717) is 3.70 Å². The summed E-state index contributed by atoms with van der Waals surface area (Å²) >= 11 is 1.90. The highest BCUT2D eigenvalue weighted by Crippen LogP contribution is 2.34. The summed E-state index contributed by atoms with van der Waals surface area (Å²) in [7, 11) is 1.37. The van der Waals surface area contributed by atoms with Crippen molar-refractivity contribution < 1.29 is 9.66 Å². The minimum atomic E-state index is -0.476. The lowest BCUT2D eigenvalue weighted by molar-refractivity contribution is -0.386. The predicted molar refractivity (Wildman–Crippen MR) is 63.1 cm³/mol. The molecule has 0 aliphatic heterocycles. The zero-order valence-corrected chi connectivity index (χ0v) is 11.1. The molecule has 0 amide bonds. The third-order valence-corrected chi connectivity index (χ3v) is 2.75. The highest BCUT2D eigenvalue weighted by atomic mass is 127. The van der Waals surface area contributed by atoms with Gasteiger partial charge in [0.1, 0.15) is 0 Å². The lowest BCUT2D eigenvalue weighted by Gasteiger charge is -2.19. The van der Waals surface area contributed by atoms with Crippen molar-refractivity contribution in [2.24, 2.45) is 0 Å². The smallest absolute Gasteiger partial charge is 0.363 e. The van der Waals surface area contributed by atoms with Crippen molar-refractivity contribution in [3.63, 3.8) is 0 Å². The minimum Gasteiger partial charge on any atom is -0.475 e. The molecule has 84 valence electrons. The molecular weight excluding hydrogens is 313 g/mol. The minimum absolute atomic E-state index is 0.0549. The van der Waals surface area contributed by atoms with Crippen molar-refractivity contribution >= 4 is 28.3 Å². The van der Waals surface area contributed by atoms with Gasteiger partial charge in [0, 0.05) is 0 Å². The van der Waals surface area contributed by atoms with Crippen molar-refractivity contribution in [3.05, 3.63) is 13.8 Å². The average molecular weight is 325 g/mol. The number of aromatic nitrogens is 2. The normalized spacial score (nSPS) is 11.5. The molecule has 0 radical (unpaired) electrons. The average Bonchev–Trinajstić information content (AvgIpc) is 2.41. The summed E-state index contributed by atoms with van der Waals surface area (Å²) in [4.78, 5) is 10.3. The van der Waals surface area contributed by atoms with Gasteiger partial charge in [-0.1, -0.05) is 0 Å². The van der Waals surface area contributed by atoms with Gasteiger partial charge >= 0.3 is 11.6 Å². The number of rotatable bonds is 2. The van der Waals surface area contributed by atoms with Crippen LogP contribution in [-0.2, 0) is 5.54 Å². The third-order valence-electron chi connectivity index (χ3n) is 1.79. The molecule has 0 aromatic carbocycles. The van der Waals surface area contributed by atoms with Crippen molar-refractivity contribution in [1.82, 2.24) is 9.78 Å². The Kier molecular flexibility index (Phi) is 3.22. The van der Waals surface area contributed by atoms with Crippen LogP contribution >= 0.6 is 22.6 Å². The molecule has 1 aromatic heterocycles. The molecule has 6 nitrogen and oxygen atoms in total. The Hall–Kier alpha value is -0.860. The Morgan fingerprint density at radius 2 is 2.07 bits per heavy atom. The van der Waals surface area contributed by atoms with Gasteiger partial charge in [-0.05, 0) is 43.4 Å². The van der Waals surface area contributed by atoms with Crippen LogP contribution in [0.1, 0.15) is 20.8 Å². The van der Waals surface area contributed by atoms with Crippen LogP contribution < -0.4 is 4.74 Å². The number of methoxy groups -OCH3 is 1. The van der Waals surface area contributed by atoms with Crippen molar-refractivity contribution in [3.8, 4) is 5.88 Å². The maximum Gasteiger partial charge on any atom is 0.363 e. The molecule has 0 saturated carbocycles. The second-order valence-electron chi connectivity index (χ2n) is 3.99. The molecule has 1 heterocycles. The van der Waals surface area contributed by atoms with Crippen molar-refractivity contribution in [2.45, 2.75) is 26.3 Å². The number of nitrogens with zero attached hydrogens (tertiary/aromatic N) is 3. The molecule has 0 saturated heterocycles. The van der Waals surface area contributed by atoms with Crippen molar-refractivity contribution in [2.75, 3.05) is 7.11 Å². The van der Waals surface area contributed by atoms with E-state index in [1.165, 1.54) is 7.11 Å². The van der Waals surface area contributed by atoms with E-state index in [-0.39, 0.29) is 17.1 Å². The van der Waals surface area contributed by atoms with E-state index in [0.717, 1.165) is 0 Å². The summed E-state index contributed by atoms with van der Waals surface area (Å²) in [5, 5.41) is 14.9. The van der Waals surface area contributed by atoms with Crippen LogP contribution in [0.3, 0.4) is 0 Å². The van der Waals surface area contributed by atoms with E-state index in [1.807, 2.05) is 43.4 Å². The van der Waals surface area contributed by atoms with Crippen LogP contribution in [0.15, 0.2) is 0 Å². The van der Waals surface area contributed by atoms with E-state index in [4.69, 9.17) is 4.74 Å². The molecular formula is C8H12IN3O3. The van der Waals surface area contributed by atoms with E-state index in [9.17, 15) is 10.1 Å². The fourth-order valence-corrected chi connectivity index (χ4v) is 2.37. The highest BCUT2D eigenvalue weighted by molar-refractivity contribution is 14.1. The third kappa shape index (κ3) is 2.21. The molecule has 0 spiro atoms. The monoisotopic (exact) mass is 325 g/mol. The molecule has 0 aliphatic rings. The molecule has 0 aliphatic carbocycles. The standard InChI is InChI=1S/C8H12IN3O3/c1-8(2,3)11-6(9)5(12(13)14)7(10-11)15-4/h1-4H3. The van der Waals surface area contributed by atoms with Gasteiger partial charge in [-0.15, -0.1) is 5.10 Å². The van der Waals surface area contributed by atoms with Gasteiger partial charge in [0.15, 0.2) is 3.70 Å². The zero-order chi connectivity index (χ0) is 11.8. The van der Waals surface area contributed by atoms with E-state index in [1.54, 1.807) is 4.68 Å². The number of nitro groups is 1. The number of hydrogen-bond acceptors (Lipinski definition) is 4. The molecule has 0 N–H and O–H groups in total. The topological polar surface area (TPSA) is 70.2 Å². The summed E-state index contributed by atoms with van der Waals surface area (Å²) in [6.07, 6.45) is 0. The number of hydrogen-bond donors (Lipinski definition) is 0. The Labute approximate surface area is 101 Å². The van der Waals surface area contributed by atoms with Crippen LogP contribution in [0.2, 0.25) is 0 Å². The second kappa shape index (κ2) is 3.95. The highest BCUT2D eigenvalue weighted by Gasteiger charge is 2.31. The van der Waals surface area contributed by atoms with E-state index < -0.39 is 4.92 Å². The maximum atomic E-state index is 10.8. The van der Waals surface area contributed by atoms with Crippen LogP contribution in [-0.4, -0.2) is 21.8 Å². The largest absolute Gasteiger partial charge is 0.475 e. The predicted octanol–water partition coefficient (Wildman–Crippen LogP) is 2.16. The molecule has 1 rings (SSSR count). The van der Waals surface area contributed by atoms with Gasteiger partial charge in [0.2, 0.25) is 0 Å². The van der Waals surface area contributed by atoms with E-state index in [2.05, 4.69) is 5.10 Å². The van der Waals surface area contributed by atoms with Gasteiger partial charge in [0.25, 0.3) is 0 Å². The first-order valence-electron chi connectivity index (χ1n) is 4.26. The second-order valence-corrected chi connectivity index (χ2v) is 5.01. The molecule has 0 fully saturated rings. The zero-order valence-electron chi connectivity index (χ0n) is 8.94. The quantitative estimate of drug-likeness (QED) is 0.475. The lowest BCUT2D eigenvalue weighted by atomic mass is 10.1. The van der Waals surface area contributed by atoms with Gasteiger partial charge in [-0.2, -0.15) is 0 Å². The first kappa shape index (κ1) is 12.2. The maximum absolute atomic E-state index is 10.8. The molecule has 15 heavy (non-hydrogen) atoms. The Balaban J connectivity index is 3.41. The van der Waals surface area contributed by atoms with Gasteiger partial charge < -0.3 is 4.74 Å². The first-order valence-corrected chi connectivity index (χ1v) is 5.34. The molecule has 7 heteroatoms. The Morgan fingerprint density at radius 3 is 2.33 bits per heavy atom. The summed E-state index contributed by atoms with van der Waals surface area (Å²) in [6, 6.07) is 0. The fraction of sp³-hybridized carbons (Fsp3) is 0.625. The lowest BCUT2D eigenvalue weighted by Crippen LogP contribution is -2.24. The number of ether oxygens (including phenoxy) is 1. The number of halogens is 1. The van der Waals surface area contributed by atoms with Gasteiger partial charge in [-0.25, -0.2) is 4.68 Å². The summed E-state index contributed by atoms with van der Waals surface area (Å²) < 4.78 is 6.95. The molecule has 0 atom stereocenters. The van der Waals surface area contributed by atoms with Gasteiger partial charge in [0.05, 0.1) is 17.6 Å². The summed E-state index contributed by atoms with van der Waals surface area (Å²) in [5.41, 5.74) is -0.383. The van der Waals surface area contributed by atoms with Crippen molar-refractivity contribution in [1.29, 1.82) is 0 Å². The SMILES string of the molecule is COc1nn(C(C)(C)C)c(I)c1[N+](=O)[O-]. The fourth-order valence-electron chi connectivity index (χ4n) is 1.11. The van der Waals surface area contributed by atoms with Crippen LogP contribution in [0, 0.1) is 13.8 Å². The van der Waals surface area contributed by atoms with E-state index >= 15 is 0 Å². The van der Waals surface area contributed by atoms with Crippen LogP contribution in [0.5, 0.6) is 5.88 Å². The summed E-state index contributed by atoms with van der Waals surface area (Å²) in [6.45, 7) is 5.77. The Bertz CT molecular complexity index is 395. The van der Waals surface area contributed by atoms with Crippen LogP contribution in [0.25, 0.3) is 0 Å². The first-order chi connectivity index (χ1) is 6.79. The molecule has 0 unspecified atom stereocenters. The Morgan fingerprint density at radius 1 is 1.53 bits per heavy atom.